The van der Waals surface area contributed by atoms with Crippen molar-refractivity contribution in [1.29, 1.82) is 0 Å². The van der Waals surface area contributed by atoms with E-state index >= 15 is 0 Å². The van der Waals surface area contributed by atoms with Crippen LogP contribution in [-0.2, 0) is 11.9 Å². The molecule has 0 aliphatic carbocycles. The van der Waals surface area contributed by atoms with Crippen molar-refractivity contribution < 1.29 is 9.47 Å². The first-order valence-electron chi connectivity index (χ1n) is 5.93. The van der Waals surface area contributed by atoms with Crippen molar-refractivity contribution in [2.45, 2.75) is 11.9 Å². The van der Waals surface area contributed by atoms with Crippen LogP contribution in [0.15, 0.2) is 36.4 Å². The van der Waals surface area contributed by atoms with Gasteiger partial charge in [0.25, 0.3) is 0 Å². The van der Waals surface area contributed by atoms with E-state index < -0.39 is 0 Å². The molecule has 20 heavy (non-hydrogen) atoms. The highest BCUT2D eigenvalue weighted by atomic mass is 79.9. The maximum atomic E-state index is 6.12. The standard InChI is InChI=1S/C15H13BrCl2O2/c1-19-14-5-2-10(8-16)6-15(14)20-9-11-7-12(17)3-4-13(11)18/h2-7H,8-9H2,1H3. The first-order valence-corrected chi connectivity index (χ1v) is 7.81. The molecule has 0 atom stereocenters. The normalized spacial score (nSPS) is 10.4. The summed E-state index contributed by atoms with van der Waals surface area (Å²) >= 11 is 15.5. The molecule has 5 heteroatoms. The van der Waals surface area contributed by atoms with Crippen molar-refractivity contribution in [2.24, 2.45) is 0 Å². The first kappa shape index (κ1) is 15.5. The van der Waals surface area contributed by atoms with Gasteiger partial charge in [-0.25, -0.2) is 0 Å². The fraction of sp³-hybridized carbons (Fsp3) is 0.200. The third kappa shape index (κ3) is 3.81. The van der Waals surface area contributed by atoms with Gasteiger partial charge in [0.2, 0.25) is 0 Å². The zero-order valence-corrected chi connectivity index (χ0v) is 13.9. The molecule has 106 valence electrons. The Bertz CT molecular complexity index is 602. The minimum Gasteiger partial charge on any atom is -0.493 e. The Kier molecular flexibility index (Phi) is 5.58. The van der Waals surface area contributed by atoms with Crippen LogP contribution < -0.4 is 9.47 Å². The van der Waals surface area contributed by atoms with Crippen molar-refractivity contribution in [3.8, 4) is 11.5 Å². The third-order valence-electron chi connectivity index (χ3n) is 2.77. The summed E-state index contributed by atoms with van der Waals surface area (Å²) in [5.41, 5.74) is 1.95. The van der Waals surface area contributed by atoms with Crippen LogP contribution in [-0.4, -0.2) is 7.11 Å². The molecular weight excluding hydrogens is 363 g/mol. The highest BCUT2D eigenvalue weighted by molar-refractivity contribution is 9.08. The predicted octanol–water partition coefficient (Wildman–Crippen LogP) is 5.48. The molecular formula is C15H13BrCl2O2. The Morgan fingerprint density at radius 2 is 1.85 bits per heavy atom. The van der Waals surface area contributed by atoms with Gasteiger partial charge in [0, 0.05) is 20.9 Å². The van der Waals surface area contributed by atoms with E-state index in [1.165, 1.54) is 0 Å². The molecule has 0 saturated carbocycles. The highest BCUT2D eigenvalue weighted by Crippen LogP contribution is 2.30. The number of methoxy groups -OCH3 is 1. The number of hydrogen-bond donors (Lipinski definition) is 0. The summed E-state index contributed by atoms with van der Waals surface area (Å²) in [5.74, 6) is 1.37. The smallest absolute Gasteiger partial charge is 0.161 e. The number of alkyl halides is 1. The fourth-order valence-corrected chi connectivity index (χ4v) is 2.44. The summed E-state index contributed by atoms with van der Waals surface area (Å²) in [6.07, 6.45) is 0. The summed E-state index contributed by atoms with van der Waals surface area (Å²) in [6, 6.07) is 11.1. The van der Waals surface area contributed by atoms with Gasteiger partial charge in [-0.1, -0.05) is 45.2 Å². The van der Waals surface area contributed by atoms with Crippen molar-refractivity contribution in [2.75, 3.05) is 7.11 Å². The molecule has 0 amide bonds. The van der Waals surface area contributed by atoms with E-state index in [-0.39, 0.29) is 0 Å². The Morgan fingerprint density at radius 1 is 1.05 bits per heavy atom. The number of halogens is 3. The van der Waals surface area contributed by atoms with Crippen molar-refractivity contribution in [3.05, 3.63) is 57.6 Å². The molecule has 0 aromatic heterocycles. The van der Waals surface area contributed by atoms with Crippen LogP contribution in [0.1, 0.15) is 11.1 Å². The molecule has 0 fully saturated rings. The zero-order valence-electron chi connectivity index (χ0n) is 10.8. The fourth-order valence-electron chi connectivity index (χ4n) is 1.73. The van der Waals surface area contributed by atoms with Gasteiger partial charge < -0.3 is 9.47 Å². The highest BCUT2D eigenvalue weighted by Gasteiger charge is 2.08. The van der Waals surface area contributed by atoms with E-state index in [9.17, 15) is 0 Å². The molecule has 2 aromatic rings. The van der Waals surface area contributed by atoms with Crippen LogP contribution >= 0.6 is 39.1 Å². The Balaban J connectivity index is 2.19. The van der Waals surface area contributed by atoms with E-state index in [2.05, 4.69) is 15.9 Å². The van der Waals surface area contributed by atoms with Gasteiger partial charge in [0.15, 0.2) is 11.5 Å². The Labute approximate surface area is 136 Å². The molecule has 0 spiro atoms. The average Bonchev–Trinajstić information content (AvgIpc) is 2.47. The largest absolute Gasteiger partial charge is 0.493 e. The van der Waals surface area contributed by atoms with E-state index in [4.69, 9.17) is 32.7 Å². The van der Waals surface area contributed by atoms with Crippen molar-refractivity contribution in [1.82, 2.24) is 0 Å². The van der Waals surface area contributed by atoms with Gasteiger partial charge in [-0.3, -0.25) is 0 Å². The lowest BCUT2D eigenvalue weighted by molar-refractivity contribution is 0.284. The summed E-state index contributed by atoms with van der Waals surface area (Å²) in [6.45, 7) is 0.335. The van der Waals surface area contributed by atoms with Crippen LogP contribution in [0, 0.1) is 0 Å². The molecule has 2 nitrogen and oxygen atoms in total. The van der Waals surface area contributed by atoms with E-state index in [1.807, 2.05) is 18.2 Å². The quantitative estimate of drug-likeness (QED) is 0.644. The SMILES string of the molecule is COc1ccc(CBr)cc1OCc1cc(Cl)ccc1Cl. The zero-order chi connectivity index (χ0) is 14.5. The number of ether oxygens (including phenoxy) is 2. The van der Waals surface area contributed by atoms with E-state index in [0.29, 0.717) is 28.2 Å². The number of rotatable bonds is 5. The van der Waals surface area contributed by atoms with Crippen molar-refractivity contribution in [3.63, 3.8) is 0 Å². The summed E-state index contributed by atoms with van der Waals surface area (Å²) in [7, 11) is 1.61. The van der Waals surface area contributed by atoms with Crippen molar-refractivity contribution >= 4 is 39.1 Å². The molecule has 0 radical (unpaired) electrons. The lowest BCUT2D eigenvalue weighted by atomic mass is 10.2. The second-order valence-corrected chi connectivity index (χ2v) is 5.55. The van der Waals surface area contributed by atoms with Crippen LogP contribution in [0.4, 0.5) is 0 Å². The summed E-state index contributed by atoms with van der Waals surface area (Å²) in [4.78, 5) is 0. The average molecular weight is 376 g/mol. The van der Waals surface area contributed by atoms with Gasteiger partial charge in [-0.2, -0.15) is 0 Å². The van der Waals surface area contributed by atoms with Gasteiger partial charge >= 0.3 is 0 Å². The minimum absolute atomic E-state index is 0.335. The molecule has 0 heterocycles. The summed E-state index contributed by atoms with van der Waals surface area (Å²) < 4.78 is 11.1. The molecule has 0 bridgehead atoms. The van der Waals surface area contributed by atoms with Gasteiger partial charge in [0.05, 0.1) is 7.11 Å². The maximum absolute atomic E-state index is 6.12. The maximum Gasteiger partial charge on any atom is 0.161 e. The predicted molar refractivity (Wildman–Crippen MR) is 86.4 cm³/mol. The van der Waals surface area contributed by atoms with Gasteiger partial charge in [-0.15, -0.1) is 0 Å². The lowest BCUT2D eigenvalue weighted by Crippen LogP contribution is -1.99. The molecule has 0 aliphatic rings. The Hall–Kier alpha value is -0.900. The minimum atomic E-state index is 0.335. The molecule has 0 N–H and O–H groups in total. The molecule has 0 saturated heterocycles. The second-order valence-electron chi connectivity index (χ2n) is 4.14. The van der Waals surface area contributed by atoms with E-state index in [0.717, 1.165) is 16.5 Å². The van der Waals surface area contributed by atoms with Gasteiger partial charge in [-0.05, 0) is 35.9 Å². The van der Waals surface area contributed by atoms with Crippen LogP contribution in [0.2, 0.25) is 10.0 Å². The second kappa shape index (κ2) is 7.21. The Morgan fingerprint density at radius 3 is 2.55 bits per heavy atom. The number of benzene rings is 2. The molecule has 2 aromatic carbocycles. The van der Waals surface area contributed by atoms with E-state index in [1.54, 1.807) is 25.3 Å². The first-order chi connectivity index (χ1) is 9.63. The van der Waals surface area contributed by atoms with Crippen LogP contribution in [0.5, 0.6) is 11.5 Å². The monoisotopic (exact) mass is 374 g/mol. The van der Waals surface area contributed by atoms with Gasteiger partial charge in [0.1, 0.15) is 6.61 Å². The van der Waals surface area contributed by atoms with Crippen LogP contribution in [0.25, 0.3) is 0 Å². The molecule has 0 aliphatic heterocycles. The summed E-state index contributed by atoms with van der Waals surface area (Å²) in [5, 5.41) is 2.02. The molecule has 0 unspecified atom stereocenters. The lowest BCUT2D eigenvalue weighted by Gasteiger charge is -2.12. The third-order valence-corrected chi connectivity index (χ3v) is 4.02. The topological polar surface area (TPSA) is 18.5 Å². The van der Waals surface area contributed by atoms with Crippen LogP contribution in [0.3, 0.4) is 0 Å². The molecule has 2 rings (SSSR count). The number of hydrogen-bond acceptors (Lipinski definition) is 2.